The summed E-state index contributed by atoms with van der Waals surface area (Å²) in [7, 11) is 0. The summed E-state index contributed by atoms with van der Waals surface area (Å²) in [6, 6.07) is 0. The van der Waals surface area contributed by atoms with Crippen molar-refractivity contribution in [3.8, 4) is 0 Å². The Morgan fingerprint density at radius 1 is 0.439 bits per heavy atom. The van der Waals surface area contributed by atoms with E-state index in [2.05, 4.69) is 69.2 Å². The van der Waals surface area contributed by atoms with Crippen molar-refractivity contribution in [1.82, 2.24) is 0 Å². The summed E-state index contributed by atoms with van der Waals surface area (Å²) in [6.07, 6.45) is 18.9. The Morgan fingerprint density at radius 2 is 0.807 bits per heavy atom. The van der Waals surface area contributed by atoms with Crippen molar-refractivity contribution in [1.29, 1.82) is 0 Å². The van der Waals surface area contributed by atoms with Crippen molar-refractivity contribution in [3.63, 3.8) is 0 Å². The zero-order chi connectivity index (χ0) is 42.6. The van der Waals surface area contributed by atoms with Gasteiger partial charge in [-0.25, -0.2) is 0 Å². The van der Waals surface area contributed by atoms with Gasteiger partial charge in [-0.2, -0.15) is 0 Å². The van der Waals surface area contributed by atoms with Crippen LogP contribution in [0.1, 0.15) is 198 Å². The molecule has 0 aromatic heterocycles. The van der Waals surface area contributed by atoms with Gasteiger partial charge in [0.1, 0.15) is 30.5 Å². The zero-order valence-corrected chi connectivity index (χ0v) is 39.2. The molecule has 0 unspecified atom stereocenters. The molecule has 0 bridgehead atoms. The molecule has 1 aliphatic rings. The molecule has 0 radical (unpaired) electrons. The third-order valence-corrected chi connectivity index (χ3v) is 12.8. The fraction of sp³-hybridized carbons (Fsp3) is 1.00. The normalized spacial score (nSPS) is 24.1. The minimum Gasteiger partial charge on any atom is -0.394 e. The summed E-state index contributed by atoms with van der Waals surface area (Å²) in [4.78, 5) is 0. The Kier molecular flexibility index (Phi) is 32.0. The molecule has 0 aliphatic carbocycles. The molecular formula is C49H98O8. The van der Waals surface area contributed by atoms with Gasteiger partial charge < -0.3 is 39.4 Å². The first-order valence-electron chi connectivity index (χ1n) is 24.2. The van der Waals surface area contributed by atoms with Gasteiger partial charge in [0.05, 0.1) is 19.8 Å². The second kappa shape index (κ2) is 33.3. The SMILES string of the molecule is CC(C)CCC[C@@H](C)CCC[C@H](C)CCC[C@H](C)CCOC[C@@H](CO[C@H]1O[C@H](CO)[C@@H](O)[C@H](O)[C@@H]1O)OCC[C@@H](C)CCC[C@@H](C)CCC[C@H](C)CCCC(C)C. The van der Waals surface area contributed by atoms with Crippen LogP contribution in [0.3, 0.4) is 0 Å². The Balaban J connectivity index is 2.43. The van der Waals surface area contributed by atoms with Gasteiger partial charge in [0.25, 0.3) is 0 Å². The number of rotatable bonds is 37. The van der Waals surface area contributed by atoms with E-state index in [1.54, 1.807) is 0 Å². The maximum atomic E-state index is 10.5. The Labute approximate surface area is 353 Å². The zero-order valence-electron chi connectivity index (χ0n) is 39.2. The lowest BCUT2D eigenvalue weighted by molar-refractivity contribution is -0.306. The molecule has 57 heavy (non-hydrogen) atoms. The molecule has 0 aromatic carbocycles. The summed E-state index contributed by atoms with van der Waals surface area (Å²) in [5.74, 6) is 6.04. The molecule has 8 nitrogen and oxygen atoms in total. The van der Waals surface area contributed by atoms with Crippen LogP contribution in [0.15, 0.2) is 0 Å². The van der Waals surface area contributed by atoms with Crippen LogP contribution in [0.2, 0.25) is 0 Å². The molecule has 1 aliphatic heterocycles. The summed E-state index contributed by atoms with van der Waals surface area (Å²) >= 11 is 0. The van der Waals surface area contributed by atoms with Crippen LogP contribution in [0.5, 0.6) is 0 Å². The molecule has 0 aromatic rings. The lowest BCUT2D eigenvalue weighted by atomic mass is 9.91. The molecule has 342 valence electrons. The molecule has 0 spiro atoms. The number of hydrogen-bond acceptors (Lipinski definition) is 8. The lowest BCUT2D eigenvalue weighted by Crippen LogP contribution is -2.59. The topological polar surface area (TPSA) is 118 Å². The van der Waals surface area contributed by atoms with E-state index in [9.17, 15) is 20.4 Å². The van der Waals surface area contributed by atoms with E-state index >= 15 is 0 Å². The van der Waals surface area contributed by atoms with Crippen LogP contribution in [0.25, 0.3) is 0 Å². The van der Waals surface area contributed by atoms with E-state index in [0.717, 1.165) is 48.3 Å². The van der Waals surface area contributed by atoms with E-state index in [4.69, 9.17) is 18.9 Å². The molecule has 1 heterocycles. The van der Waals surface area contributed by atoms with Crippen molar-refractivity contribution in [3.05, 3.63) is 0 Å². The minimum atomic E-state index is -1.47. The smallest absolute Gasteiger partial charge is 0.186 e. The molecule has 1 fully saturated rings. The van der Waals surface area contributed by atoms with E-state index in [1.165, 1.54) is 116 Å². The van der Waals surface area contributed by atoms with Gasteiger partial charge in [-0.05, 0) is 60.2 Å². The van der Waals surface area contributed by atoms with E-state index in [-0.39, 0.29) is 12.7 Å². The van der Waals surface area contributed by atoms with Crippen LogP contribution < -0.4 is 0 Å². The fourth-order valence-electron chi connectivity index (χ4n) is 8.36. The van der Waals surface area contributed by atoms with Crippen molar-refractivity contribution in [2.75, 3.05) is 33.0 Å². The molecule has 0 amide bonds. The maximum Gasteiger partial charge on any atom is 0.186 e. The largest absolute Gasteiger partial charge is 0.394 e. The average molecular weight is 815 g/mol. The van der Waals surface area contributed by atoms with Crippen molar-refractivity contribution < 1.29 is 39.4 Å². The molecule has 1 saturated heterocycles. The molecule has 0 saturated carbocycles. The predicted molar refractivity (Wildman–Crippen MR) is 237 cm³/mol. The van der Waals surface area contributed by atoms with Gasteiger partial charge in [-0.3, -0.25) is 0 Å². The first-order chi connectivity index (χ1) is 27.1. The summed E-state index contributed by atoms with van der Waals surface area (Å²) < 4.78 is 23.9. The molecule has 8 heteroatoms. The third kappa shape index (κ3) is 28.0. The highest BCUT2D eigenvalue weighted by atomic mass is 16.7. The summed E-state index contributed by atoms with van der Waals surface area (Å²) in [6.45, 7) is 24.8. The Bertz CT molecular complexity index is 901. The van der Waals surface area contributed by atoms with Gasteiger partial charge >= 0.3 is 0 Å². The minimum absolute atomic E-state index is 0.106. The monoisotopic (exact) mass is 815 g/mol. The van der Waals surface area contributed by atoms with Gasteiger partial charge in [-0.15, -0.1) is 0 Å². The quantitative estimate of drug-likeness (QED) is 0.0458. The van der Waals surface area contributed by atoms with E-state index in [0.29, 0.717) is 31.7 Å². The molecule has 12 atom stereocenters. The second-order valence-electron chi connectivity index (χ2n) is 20.2. The van der Waals surface area contributed by atoms with Crippen LogP contribution >= 0.6 is 0 Å². The van der Waals surface area contributed by atoms with Crippen LogP contribution in [0, 0.1) is 47.3 Å². The van der Waals surface area contributed by atoms with Crippen molar-refractivity contribution >= 4 is 0 Å². The molecular weight excluding hydrogens is 717 g/mol. The van der Waals surface area contributed by atoms with Gasteiger partial charge in [-0.1, -0.05) is 185 Å². The number of aliphatic hydroxyl groups excluding tert-OH is 4. The standard InChI is InChI=1S/C49H98O8/c1-36(2)17-11-19-38(5)21-13-23-40(7)25-15-27-42(9)29-31-54-34-44(35-56-49-48(53)47(52)46(51)45(33-50)57-49)55-32-30-43(10)28-16-26-41(8)24-14-22-39(6)20-12-18-37(3)4/h36-53H,11-35H2,1-10H3/t38-,39-,40+,41+,42+,43+,44+,45-,46-,47+,48+,49+/m1/s1. The maximum absolute atomic E-state index is 10.5. The van der Waals surface area contributed by atoms with Crippen molar-refractivity contribution in [2.45, 2.75) is 234 Å². The molecule has 4 N–H and O–H groups in total. The lowest BCUT2D eigenvalue weighted by Gasteiger charge is -2.40. The summed E-state index contributed by atoms with van der Waals surface area (Å²) in [5, 5.41) is 40.5. The Hall–Kier alpha value is -0.320. The van der Waals surface area contributed by atoms with Gasteiger partial charge in [0, 0.05) is 13.2 Å². The van der Waals surface area contributed by atoms with Gasteiger partial charge in [0.2, 0.25) is 0 Å². The highest BCUT2D eigenvalue weighted by Gasteiger charge is 2.44. The average Bonchev–Trinajstić information content (AvgIpc) is 3.14. The Morgan fingerprint density at radius 3 is 1.19 bits per heavy atom. The van der Waals surface area contributed by atoms with Crippen LogP contribution in [-0.2, 0) is 18.9 Å². The number of hydrogen-bond donors (Lipinski definition) is 4. The summed E-state index contributed by atoms with van der Waals surface area (Å²) in [5.41, 5.74) is 0. The predicted octanol–water partition coefficient (Wildman–Crippen LogP) is 11.1. The van der Waals surface area contributed by atoms with Crippen molar-refractivity contribution in [2.24, 2.45) is 47.3 Å². The fourth-order valence-corrected chi connectivity index (χ4v) is 8.36. The van der Waals surface area contributed by atoms with Crippen LogP contribution in [-0.4, -0.2) is 90.3 Å². The number of ether oxygens (including phenoxy) is 4. The molecule has 1 rings (SSSR count). The number of aliphatic hydroxyl groups is 4. The highest BCUT2D eigenvalue weighted by Crippen LogP contribution is 2.26. The van der Waals surface area contributed by atoms with Gasteiger partial charge in [0.15, 0.2) is 6.29 Å². The van der Waals surface area contributed by atoms with E-state index < -0.39 is 37.3 Å². The van der Waals surface area contributed by atoms with E-state index in [1.807, 2.05) is 0 Å². The van der Waals surface area contributed by atoms with Crippen LogP contribution in [0.4, 0.5) is 0 Å². The highest BCUT2D eigenvalue weighted by molar-refractivity contribution is 4.89. The first-order valence-corrected chi connectivity index (χ1v) is 24.2. The first kappa shape index (κ1) is 54.7. The second-order valence-corrected chi connectivity index (χ2v) is 20.2. The third-order valence-electron chi connectivity index (χ3n) is 12.8.